The lowest BCUT2D eigenvalue weighted by Gasteiger charge is -2.32. The molecule has 18 nitrogen and oxygen atoms in total. The summed E-state index contributed by atoms with van der Waals surface area (Å²) < 4.78 is 13.2. The van der Waals surface area contributed by atoms with E-state index < -0.39 is 47.2 Å². The van der Waals surface area contributed by atoms with Crippen molar-refractivity contribution >= 4 is 47.5 Å². The molecule has 0 saturated carbocycles. The minimum atomic E-state index is -1.37. The predicted molar refractivity (Wildman–Crippen MR) is 178 cm³/mol. The van der Waals surface area contributed by atoms with Gasteiger partial charge in [-0.1, -0.05) is 44.9 Å². The third kappa shape index (κ3) is 19.7. The van der Waals surface area contributed by atoms with Gasteiger partial charge in [0, 0.05) is 50.0 Å². The lowest BCUT2D eigenvalue weighted by Crippen LogP contribution is -2.44. The van der Waals surface area contributed by atoms with Gasteiger partial charge in [0.1, 0.15) is 12.1 Å². The van der Waals surface area contributed by atoms with Crippen LogP contribution >= 0.6 is 11.9 Å². The van der Waals surface area contributed by atoms with E-state index in [9.17, 15) is 39.0 Å². The fraction of sp³-hybridized carbons (Fsp3) is 0.767. The first kappa shape index (κ1) is 43.2. The van der Waals surface area contributed by atoms with E-state index in [-0.39, 0.29) is 63.0 Å². The molecule has 4 amide bonds. The first-order valence-corrected chi connectivity index (χ1v) is 17.2. The fourth-order valence-electron chi connectivity index (χ4n) is 5.01. The molecule has 7 N–H and O–H groups in total. The quantitative estimate of drug-likeness (QED) is 0.0488. The van der Waals surface area contributed by atoms with Crippen LogP contribution in [0.1, 0.15) is 91.8 Å². The highest BCUT2D eigenvalue weighted by Gasteiger charge is 2.34. The third-order valence-electron chi connectivity index (χ3n) is 7.08. The number of H-pyrrole nitrogens is 1. The topological polar surface area (TPSA) is 264 Å². The molecule has 2 atom stereocenters. The first-order valence-electron chi connectivity index (χ1n) is 16.2. The first-order chi connectivity index (χ1) is 23.1. The van der Waals surface area contributed by atoms with Crippen LogP contribution in [0.2, 0.25) is 0 Å². The van der Waals surface area contributed by atoms with Crippen molar-refractivity contribution in [3.63, 3.8) is 0 Å². The van der Waals surface area contributed by atoms with Gasteiger partial charge in [0.25, 0.3) is 0 Å². The molecule has 0 radical (unpaired) electrons. The largest absolute Gasteiger partial charge is 0.480 e. The maximum Gasteiger partial charge on any atom is 0.326 e. The Bertz CT molecular complexity index is 1200. The molecular weight excluding hydrogens is 664 g/mol. The molecule has 49 heavy (non-hydrogen) atoms. The van der Waals surface area contributed by atoms with Crippen LogP contribution in [0, 0.1) is 5.41 Å². The number of tetrazole rings is 1. The lowest BCUT2D eigenvalue weighted by molar-refractivity contribution is -0.143. The molecule has 278 valence electrons. The molecular formula is C30H52N8O10S. The number of carboxylic acids is 2. The number of carbonyl (C=O) groups excluding carboxylic acids is 4. The molecule has 1 heterocycles. The van der Waals surface area contributed by atoms with Crippen molar-refractivity contribution in [1.29, 1.82) is 0 Å². The van der Waals surface area contributed by atoms with Crippen molar-refractivity contribution in [1.82, 2.24) is 41.3 Å². The van der Waals surface area contributed by atoms with Gasteiger partial charge in [-0.05, 0) is 38.0 Å². The fourth-order valence-corrected chi connectivity index (χ4v) is 5.63. The molecule has 1 aromatic rings. The summed E-state index contributed by atoms with van der Waals surface area (Å²) in [6.45, 7) is 11.7. The number of aromatic amines is 1. The van der Waals surface area contributed by atoms with Gasteiger partial charge in [-0.25, -0.2) is 9.59 Å². The Kier molecular flexibility index (Phi) is 20.0. The molecule has 1 rings (SSSR count). The van der Waals surface area contributed by atoms with Crippen molar-refractivity contribution in [2.45, 2.75) is 103 Å². The molecule has 0 saturated heterocycles. The summed E-state index contributed by atoms with van der Waals surface area (Å²) in [6.07, 6.45) is 0.265. The number of rotatable bonds is 27. The maximum absolute atomic E-state index is 12.5. The monoisotopic (exact) mass is 716 g/mol. The molecule has 1 aromatic heterocycles. The zero-order chi connectivity index (χ0) is 36.9. The number of carbonyl (C=O) groups is 6. The molecule has 0 bridgehead atoms. The van der Waals surface area contributed by atoms with Crippen LogP contribution in [-0.2, 0) is 43.7 Å². The summed E-state index contributed by atoms with van der Waals surface area (Å²) in [5, 5.41) is 40.4. The number of amides is 4. The Morgan fingerprint density at radius 3 is 2.00 bits per heavy atom. The van der Waals surface area contributed by atoms with E-state index in [1.165, 1.54) is 0 Å². The van der Waals surface area contributed by atoms with E-state index in [4.69, 9.17) is 9.47 Å². The summed E-state index contributed by atoms with van der Waals surface area (Å²) >= 11 is 1.15. The summed E-state index contributed by atoms with van der Waals surface area (Å²) in [5.41, 5.74) is -0.752. The second kappa shape index (κ2) is 22.7. The molecule has 0 spiro atoms. The van der Waals surface area contributed by atoms with Gasteiger partial charge in [0.15, 0.2) is 5.82 Å². The molecule has 0 aromatic carbocycles. The zero-order valence-electron chi connectivity index (χ0n) is 29.0. The lowest BCUT2D eigenvalue weighted by atomic mass is 9.73. The third-order valence-corrected chi connectivity index (χ3v) is 7.94. The number of nitrogens with zero attached hydrogens (tertiary/aromatic N) is 3. The number of carboxylic acid groups (broad SMARTS) is 2. The van der Waals surface area contributed by atoms with E-state index in [2.05, 4.69) is 41.3 Å². The number of aliphatic carboxylic acids is 2. The highest BCUT2D eigenvalue weighted by Crippen LogP contribution is 2.37. The molecule has 2 unspecified atom stereocenters. The van der Waals surface area contributed by atoms with Crippen molar-refractivity contribution in [3.05, 3.63) is 5.82 Å². The maximum atomic E-state index is 12.5. The van der Waals surface area contributed by atoms with Crippen LogP contribution in [0.4, 0.5) is 0 Å². The van der Waals surface area contributed by atoms with Gasteiger partial charge in [-0.15, -0.1) is 10.2 Å². The number of hydrogen-bond acceptors (Lipinski definition) is 12. The average Bonchev–Trinajstić information content (AvgIpc) is 3.56. The standard InChI is InChI=1S/C30H52N8O10S/c1-6-47-15-16-48-14-13-31-22(39)11-9-20(26(43)44)33-24(41)12-10-21(27(45)46)32-23(40)8-7-17-49-36-25(42)18-29(2,3)19-30(4,5)28-34-37-38-35-28/h20-21H,6-19H2,1-5H3,(H,31,39)(H,32,40)(H,33,41)(H,36,42)(H,43,44)(H,45,46)(H,34,35,37,38). The smallest absolute Gasteiger partial charge is 0.326 e. The van der Waals surface area contributed by atoms with Crippen LogP contribution in [0.5, 0.6) is 0 Å². The van der Waals surface area contributed by atoms with Crippen LogP contribution in [0.15, 0.2) is 0 Å². The normalized spacial score (nSPS) is 12.8. The van der Waals surface area contributed by atoms with Crippen LogP contribution in [-0.4, -0.2) is 117 Å². The van der Waals surface area contributed by atoms with Crippen molar-refractivity contribution in [2.24, 2.45) is 5.41 Å². The van der Waals surface area contributed by atoms with Crippen molar-refractivity contribution in [2.75, 3.05) is 38.7 Å². The summed E-state index contributed by atoms with van der Waals surface area (Å²) in [4.78, 5) is 72.6. The second-order valence-corrected chi connectivity index (χ2v) is 13.7. The number of aromatic nitrogens is 4. The summed E-state index contributed by atoms with van der Waals surface area (Å²) in [5.74, 6) is -3.57. The Hall–Kier alpha value is -3.84. The summed E-state index contributed by atoms with van der Waals surface area (Å²) in [7, 11) is 0. The van der Waals surface area contributed by atoms with Crippen LogP contribution in [0.25, 0.3) is 0 Å². The molecule has 0 fully saturated rings. The average molecular weight is 717 g/mol. The van der Waals surface area contributed by atoms with E-state index in [1.54, 1.807) is 0 Å². The van der Waals surface area contributed by atoms with E-state index in [1.807, 2.05) is 34.6 Å². The molecule has 0 aliphatic rings. The Balaban J connectivity index is 2.34. The Morgan fingerprint density at radius 1 is 0.837 bits per heavy atom. The highest BCUT2D eigenvalue weighted by atomic mass is 32.2. The minimum Gasteiger partial charge on any atom is -0.480 e. The molecule has 0 aliphatic heterocycles. The van der Waals surface area contributed by atoms with Crippen molar-refractivity contribution < 1.29 is 48.5 Å². The SMILES string of the molecule is CCOCCOCCNC(=O)CCC(NC(=O)CCC(NC(=O)CCCSNC(=O)CC(C)(C)CC(C)(C)c1nn[nH]n1)C(=O)O)C(=O)O. The Morgan fingerprint density at radius 2 is 1.43 bits per heavy atom. The minimum absolute atomic E-state index is 0.00816. The van der Waals surface area contributed by atoms with E-state index in [0.29, 0.717) is 44.2 Å². The van der Waals surface area contributed by atoms with Crippen molar-refractivity contribution in [3.8, 4) is 0 Å². The van der Waals surface area contributed by atoms with E-state index in [0.717, 1.165) is 11.9 Å². The number of nitrogens with one attached hydrogen (secondary N) is 5. The number of hydrogen-bond donors (Lipinski definition) is 7. The zero-order valence-corrected chi connectivity index (χ0v) is 29.8. The van der Waals surface area contributed by atoms with Gasteiger partial charge in [-0.2, -0.15) is 5.21 Å². The van der Waals surface area contributed by atoms with Gasteiger partial charge in [-0.3, -0.25) is 19.2 Å². The van der Waals surface area contributed by atoms with Gasteiger partial charge in [0.2, 0.25) is 23.6 Å². The second-order valence-electron chi connectivity index (χ2n) is 12.8. The summed E-state index contributed by atoms with van der Waals surface area (Å²) in [6, 6.07) is -2.72. The van der Waals surface area contributed by atoms with E-state index >= 15 is 0 Å². The highest BCUT2D eigenvalue weighted by molar-refractivity contribution is 7.97. The van der Waals surface area contributed by atoms with Gasteiger partial charge < -0.3 is 40.4 Å². The van der Waals surface area contributed by atoms with Crippen LogP contribution < -0.4 is 20.7 Å². The number of ether oxygens (including phenoxy) is 2. The van der Waals surface area contributed by atoms with Gasteiger partial charge in [0.05, 0.1) is 19.8 Å². The Labute approximate surface area is 290 Å². The van der Waals surface area contributed by atoms with Gasteiger partial charge >= 0.3 is 11.9 Å². The van der Waals surface area contributed by atoms with Crippen LogP contribution in [0.3, 0.4) is 0 Å². The molecule has 19 heteroatoms. The molecule has 0 aliphatic carbocycles. The predicted octanol–water partition coefficient (Wildman–Crippen LogP) is 0.697.